The van der Waals surface area contributed by atoms with Crippen molar-refractivity contribution in [1.82, 2.24) is 0 Å². The van der Waals surface area contributed by atoms with Crippen molar-refractivity contribution in [3.63, 3.8) is 0 Å². The number of fused-ring (bicyclic) bond motifs is 1. The van der Waals surface area contributed by atoms with Gasteiger partial charge in [-0.15, -0.1) is 0 Å². The van der Waals surface area contributed by atoms with Crippen LogP contribution in [0.5, 0.6) is 0 Å². The summed E-state index contributed by atoms with van der Waals surface area (Å²) < 4.78 is 18.4. The van der Waals surface area contributed by atoms with Gasteiger partial charge in [0.15, 0.2) is 5.76 Å². The van der Waals surface area contributed by atoms with Crippen molar-refractivity contribution in [3.05, 3.63) is 71.2 Å². The number of carbonyl (C=O) groups is 1. The van der Waals surface area contributed by atoms with E-state index in [-0.39, 0.29) is 18.0 Å². The largest absolute Gasteiger partial charge is 0.453 e. The molecule has 0 saturated carbocycles. The maximum Gasteiger partial charge on any atom is 0.202 e. The lowest BCUT2D eigenvalue weighted by Crippen LogP contribution is -2.01. The Balaban J connectivity index is 1.86. The molecule has 3 rings (SSSR count). The van der Waals surface area contributed by atoms with Gasteiger partial charge in [0, 0.05) is 11.8 Å². The number of benzene rings is 2. The van der Waals surface area contributed by atoms with Gasteiger partial charge in [-0.2, -0.15) is 0 Å². The fourth-order valence-electron chi connectivity index (χ4n) is 2.17. The highest BCUT2D eigenvalue weighted by Gasteiger charge is 2.13. The summed E-state index contributed by atoms with van der Waals surface area (Å²) in [5.74, 6) is -0.0687. The second-order valence-corrected chi connectivity index (χ2v) is 4.88. The molecule has 3 aromatic rings. The Morgan fingerprint density at radius 2 is 1.85 bits per heavy atom. The number of furan rings is 1. The maximum atomic E-state index is 12.8. The van der Waals surface area contributed by atoms with Gasteiger partial charge in [0.25, 0.3) is 0 Å². The summed E-state index contributed by atoms with van der Waals surface area (Å²) in [6.45, 7) is 1.99. The minimum Gasteiger partial charge on any atom is -0.453 e. The summed E-state index contributed by atoms with van der Waals surface area (Å²) >= 11 is 0. The molecule has 0 saturated heterocycles. The lowest BCUT2D eigenvalue weighted by atomic mass is 10.1. The molecule has 0 unspecified atom stereocenters. The van der Waals surface area contributed by atoms with Crippen LogP contribution in [-0.4, -0.2) is 5.78 Å². The Morgan fingerprint density at radius 3 is 2.60 bits per heavy atom. The minimum atomic E-state index is -0.305. The monoisotopic (exact) mass is 268 g/mol. The van der Waals surface area contributed by atoms with Gasteiger partial charge in [-0.05, 0) is 42.8 Å². The third-order valence-corrected chi connectivity index (χ3v) is 3.22. The maximum absolute atomic E-state index is 12.8. The quantitative estimate of drug-likeness (QED) is 0.663. The molecule has 3 heteroatoms. The number of halogens is 1. The molecular weight excluding hydrogens is 255 g/mol. The third-order valence-electron chi connectivity index (χ3n) is 3.22. The van der Waals surface area contributed by atoms with Crippen LogP contribution in [0.1, 0.15) is 21.7 Å². The summed E-state index contributed by atoms with van der Waals surface area (Å²) in [4.78, 5) is 12.2. The number of hydrogen-bond donors (Lipinski definition) is 0. The van der Waals surface area contributed by atoms with Crippen molar-refractivity contribution in [1.29, 1.82) is 0 Å². The number of carbonyl (C=O) groups excluding carboxylic acids is 1. The first kappa shape index (κ1) is 12.6. The van der Waals surface area contributed by atoms with Gasteiger partial charge < -0.3 is 4.42 Å². The first-order chi connectivity index (χ1) is 9.61. The molecule has 0 N–H and O–H groups in total. The Hall–Kier alpha value is -2.42. The average Bonchev–Trinajstić information content (AvgIpc) is 2.84. The normalized spacial score (nSPS) is 10.9. The average molecular weight is 268 g/mol. The SMILES string of the molecule is Cc1ccc2oc(C(=O)Cc3ccc(F)cc3)cc2c1. The van der Waals surface area contributed by atoms with E-state index in [9.17, 15) is 9.18 Å². The molecule has 0 bridgehead atoms. The number of Topliss-reactive ketones (excluding diaryl/α,β-unsaturated/α-hetero) is 1. The smallest absolute Gasteiger partial charge is 0.202 e. The number of aryl methyl sites for hydroxylation is 1. The molecule has 1 aromatic heterocycles. The minimum absolute atomic E-state index is 0.106. The van der Waals surface area contributed by atoms with Crippen LogP contribution in [0.4, 0.5) is 4.39 Å². The van der Waals surface area contributed by atoms with Gasteiger partial charge in [0.05, 0.1) is 0 Å². The van der Waals surface area contributed by atoms with Gasteiger partial charge >= 0.3 is 0 Å². The highest BCUT2D eigenvalue weighted by Crippen LogP contribution is 2.21. The summed E-state index contributed by atoms with van der Waals surface area (Å²) in [6, 6.07) is 13.5. The van der Waals surface area contributed by atoms with Crippen LogP contribution in [-0.2, 0) is 6.42 Å². The van der Waals surface area contributed by atoms with E-state index in [2.05, 4.69) is 0 Å². The lowest BCUT2D eigenvalue weighted by Gasteiger charge is -1.98. The van der Waals surface area contributed by atoms with Gasteiger partial charge in [0.1, 0.15) is 11.4 Å². The zero-order valence-corrected chi connectivity index (χ0v) is 11.0. The van der Waals surface area contributed by atoms with Crippen molar-refractivity contribution in [2.45, 2.75) is 13.3 Å². The van der Waals surface area contributed by atoms with Gasteiger partial charge in [-0.3, -0.25) is 4.79 Å². The van der Waals surface area contributed by atoms with Gasteiger partial charge in [-0.1, -0.05) is 23.8 Å². The van der Waals surface area contributed by atoms with Crippen molar-refractivity contribution in [2.75, 3.05) is 0 Å². The molecule has 0 radical (unpaired) electrons. The fourth-order valence-corrected chi connectivity index (χ4v) is 2.17. The Morgan fingerprint density at radius 1 is 1.10 bits per heavy atom. The molecule has 1 heterocycles. The standard InChI is InChI=1S/C17H13FO2/c1-11-2-7-16-13(8-11)10-17(20-16)15(19)9-12-3-5-14(18)6-4-12/h2-8,10H,9H2,1H3. The first-order valence-electron chi connectivity index (χ1n) is 6.40. The van der Waals surface area contributed by atoms with Gasteiger partial charge in [-0.25, -0.2) is 4.39 Å². The van der Waals surface area contributed by atoms with E-state index in [0.717, 1.165) is 16.5 Å². The van der Waals surface area contributed by atoms with E-state index >= 15 is 0 Å². The fraction of sp³-hybridized carbons (Fsp3) is 0.118. The van der Waals surface area contributed by atoms with Gasteiger partial charge in [0.2, 0.25) is 5.78 Å². The van der Waals surface area contributed by atoms with Crippen LogP contribution in [0.2, 0.25) is 0 Å². The van der Waals surface area contributed by atoms with Crippen molar-refractivity contribution >= 4 is 16.8 Å². The van der Waals surface area contributed by atoms with Crippen LogP contribution in [0, 0.1) is 12.7 Å². The molecule has 0 aliphatic heterocycles. The second-order valence-electron chi connectivity index (χ2n) is 4.88. The molecule has 0 amide bonds. The van der Waals surface area contributed by atoms with Crippen molar-refractivity contribution < 1.29 is 13.6 Å². The van der Waals surface area contributed by atoms with Crippen LogP contribution in [0.3, 0.4) is 0 Å². The van der Waals surface area contributed by atoms with Crippen molar-refractivity contribution in [3.8, 4) is 0 Å². The van der Waals surface area contributed by atoms with E-state index in [1.807, 2.05) is 25.1 Å². The second kappa shape index (κ2) is 4.93. The summed E-state index contributed by atoms with van der Waals surface area (Å²) in [5.41, 5.74) is 2.60. The van der Waals surface area contributed by atoms with Crippen LogP contribution >= 0.6 is 0 Å². The molecule has 0 aliphatic rings. The van der Waals surface area contributed by atoms with E-state index in [1.54, 1.807) is 18.2 Å². The highest BCUT2D eigenvalue weighted by atomic mass is 19.1. The number of ketones is 1. The molecule has 0 atom stereocenters. The third kappa shape index (κ3) is 2.48. The van der Waals surface area contributed by atoms with Crippen LogP contribution < -0.4 is 0 Å². The predicted molar refractivity (Wildman–Crippen MR) is 75.4 cm³/mol. The molecule has 0 spiro atoms. The molecule has 2 aromatic carbocycles. The molecule has 100 valence electrons. The Bertz CT molecular complexity index is 769. The van der Waals surface area contributed by atoms with Crippen LogP contribution in [0.15, 0.2) is 52.9 Å². The summed E-state index contributed by atoms with van der Waals surface area (Å²) in [7, 11) is 0. The van der Waals surface area contributed by atoms with E-state index in [0.29, 0.717) is 11.3 Å². The molecule has 0 fully saturated rings. The van der Waals surface area contributed by atoms with E-state index < -0.39 is 0 Å². The first-order valence-corrected chi connectivity index (χ1v) is 6.40. The molecule has 0 aliphatic carbocycles. The van der Waals surface area contributed by atoms with Crippen molar-refractivity contribution in [2.24, 2.45) is 0 Å². The molecule has 2 nitrogen and oxygen atoms in total. The Labute approximate surface area is 115 Å². The predicted octanol–water partition coefficient (Wildman–Crippen LogP) is 4.31. The molecular formula is C17H13FO2. The summed E-state index contributed by atoms with van der Waals surface area (Å²) in [6.07, 6.45) is 0.207. The lowest BCUT2D eigenvalue weighted by molar-refractivity contribution is 0.0968. The zero-order chi connectivity index (χ0) is 14.1. The molecule has 20 heavy (non-hydrogen) atoms. The van der Waals surface area contributed by atoms with Crippen LogP contribution in [0.25, 0.3) is 11.0 Å². The number of hydrogen-bond acceptors (Lipinski definition) is 2. The van der Waals surface area contributed by atoms with E-state index in [1.165, 1.54) is 12.1 Å². The topological polar surface area (TPSA) is 30.2 Å². The Kier molecular flexibility index (Phi) is 3.11. The highest BCUT2D eigenvalue weighted by molar-refractivity contribution is 5.98. The summed E-state index contributed by atoms with van der Waals surface area (Å²) in [5, 5.41) is 0.924. The zero-order valence-electron chi connectivity index (χ0n) is 11.0. The van der Waals surface area contributed by atoms with E-state index in [4.69, 9.17) is 4.42 Å². The number of rotatable bonds is 3.